The van der Waals surface area contributed by atoms with Gasteiger partial charge in [-0.25, -0.2) is 14.4 Å². The van der Waals surface area contributed by atoms with Crippen LogP contribution in [0.3, 0.4) is 0 Å². The van der Waals surface area contributed by atoms with Crippen LogP contribution in [-0.4, -0.2) is 29.0 Å². The Bertz CT molecular complexity index is 589. The molecule has 0 fully saturated rings. The lowest BCUT2D eigenvalue weighted by molar-refractivity contribution is 0.0950. The Morgan fingerprint density at radius 3 is 2.95 bits per heavy atom. The summed E-state index contributed by atoms with van der Waals surface area (Å²) in [7, 11) is 0. The number of rotatable bonds is 7. The number of thiazole rings is 1. The monoisotopic (exact) mass is 308 g/mol. The van der Waals surface area contributed by atoms with E-state index in [1.54, 1.807) is 5.51 Å². The molecule has 0 atom stereocenters. The van der Waals surface area contributed by atoms with Gasteiger partial charge in [-0.15, -0.1) is 11.3 Å². The van der Waals surface area contributed by atoms with Gasteiger partial charge in [-0.1, -0.05) is 6.92 Å². The summed E-state index contributed by atoms with van der Waals surface area (Å²) in [5, 5.41) is 7.48. The molecule has 0 radical (unpaired) electrons. The highest BCUT2D eigenvalue weighted by Crippen LogP contribution is 2.15. The number of anilines is 1. The molecule has 0 spiro atoms. The Morgan fingerprint density at radius 2 is 2.24 bits per heavy atom. The van der Waals surface area contributed by atoms with Gasteiger partial charge in [0.2, 0.25) is 0 Å². The molecule has 0 aliphatic heterocycles. The van der Waals surface area contributed by atoms with Gasteiger partial charge in [0, 0.05) is 31.1 Å². The van der Waals surface area contributed by atoms with E-state index in [0.29, 0.717) is 19.5 Å². The molecule has 0 aliphatic carbocycles. The average molecular weight is 308 g/mol. The van der Waals surface area contributed by atoms with Crippen molar-refractivity contribution in [3.8, 4) is 0 Å². The number of carbonyl (C=O) groups is 1. The lowest BCUT2D eigenvalue weighted by atomic mass is 10.2. The van der Waals surface area contributed by atoms with Crippen LogP contribution < -0.4 is 10.6 Å². The zero-order valence-electron chi connectivity index (χ0n) is 11.7. The van der Waals surface area contributed by atoms with Crippen molar-refractivity contribution < 1.29 is 9.18 Å². The summed E-state index contributed by atoms with van der Waals surface area (Å²) in [5.41, 5.74) is 2.66. The van der Waals surface area contributed by atoms with Crippen LogP contribution in [0.4, 0.5) is 10.2 Å². The van der Waals surface area contributed by atoms with Gasteiger partial charge < -0.3 is 10.6 Å². The van der Waals surface area contributed by atoms with Crippen molar-refractivity contribution in [3.05, 3.63) is 40.2 Å². The quantitative estimate of drug-likeness (QED) is 0.824. The number of nitrogens with zero attached hydrogens (tertiary/aromatic N) is 2. The largest absolute Gasteiger partial charge is 0.368 e. The minimum atomic E-state index is -0.614. The van der Waals surface area contributed by atoms with Crippen molar-refractivity contribution in [1.82, 2.24) is 15.3 Å². The first-order valence-electron chi connectivity index (χ1n) is 6.76. The third kappa shape index (κ3) is 4.22. The molecule has 2 heterocycles. The smallest absolute Gasteiger partial charge is 0.254 e. The van der Waals surface area contributed by atoms with E-state index in [0.717, 1.165) is 12.1 Å². The predicted molar refractivity (Wildman–Crippen MR) is 81.1 cm³/mol. The molecule has 0 aromatic carbocycles. The van der Waals surface area contributed by atoms with Gasteiger partial charge in [-0.2, -0.15) is 0 Å². The zero-order chi connectivity index (χ0) is 15.1. The van der Waals surface area contributed by atoms with E-state index in [1.807, 2.05) is 12.3 Å². The SMILES string of the molecule is CCCNc1nccc(C(=O)NCCc2cscn2)c1F. The van der Waals surface area contributed by atoms with Crippen molar-refractivity contribution in [2.24, 2.45) is 0 Å². The van der Waals surface area contributed by atoms with Gasteiger partial charge in [0.1, 0.15) is 0 Å². The number of carbonyl (C=O) groups excluding carboxylic acids is 1. The molecule has 0 saturated heterocycles. The van der Waals surface area contributed by atoms with Crippen molar-refractivity contribution >= 4 is 23.1 Å². The Balaban J connectivity index is 1.95. The molecule has 0 aliphatic rings. The van der Waals surface area contributed by atoms with Crippen molar-refractivity contribution in [2.75, 3.05) is 18.4 Å². The number of amides is 1. The van der Waals surface area contributed by atoms with E-state index >= 15 is 0 Å². The second kappa shape index (κ2) is 7.68. The molecule has 7 heteroatoms. The summed E-state index contributed by atoms with van der Waals surface area (Å²) in [6.45, 7) is 3.00. The van der Waals surface area contributed by atoms with Crippen LogP contribution in [0, 0.1) is 5.82 Å². The second-order valence-corrected chi connectivity index (χ2v) is 5.15. The molecule has 2 aromatic heterocycles. The molecule has 1 amide bonds. The summed E-state index contributed by atoms with van der Waals surface area (Å²) >= 11 is 1.51. The van der Waals surface area contributed by atoms with Gasteiger partial charge in [0.25, 0.3) is 5.91 Å². The lowest BCUT2D eigenvalue weighted by Gasteiger charge is -2.09. The van der Waals surface area contributed by atoms with Crippen LogP contribution in [0.5, 0.6) is 0 Å². The Morgan fingerprint density at radius 1 is 1.38 bits per heavy atom. The van der Waals surface area contributed by atoms with Crippen LogP contribution in [0.1, 0.15) is 29.4 Å². The molecule has 5 nitrogen and oxygen atoms in total. The first kappa shape index (κ1) is 15.4. The molecule has 2 N–H and O–H groups in total. The molecular formula is C14H17FN4OS. The van der Waals surface area contributed by atoms with E-state index in [1.165, 1.54) is 23.6 Å². The number of nitrogens with one attached hydrogen (secondary N) is 2. The number of hydrogen-bond acceptors (Lipinski definition) is 5. The lowest BCUT2D eigenvalue weighted by Crippen LogP contribution is -2.27. The van der Waals surface area contributed by atoms with Crippen molar-refractivity contribution in [1.29, 1.82) is 0 Å². The fraction of sp³-hybridized carbons (Fsp3) is 0.357. The number of hydrogen-bond donors (Lipinski definition) is 2. The van der Waals surface area contributed by atoms with Crippen LogP contribution in [0.2, 0.25) is 0 Å². The highest BCUT2D eigenvalue weighted by molar-refractivity contribution is 7.07. The third-order valence-corrected chi connectivity index (χ3v) is 3.46. The summed E-state index contributed by atoms with van der Waals surface area (Å²) in [6.07, 6.45) is 2.91. The van der Waals surface area contributed by atoms with E-state index in [2.05, 4.69) is 20.6 Å². The van der Waals surface area contributed by atoms with E-state index in [9.17, 15) is 9.18 Å². The zero-order valence-corrected chi connectivity index (χ0v) is 12.5. The summed E-state index contributed by atoms with van der Waals surface area (Å²) in [6, 6.07) is 1.38. The molecular weight excluding hydrogens is 291 g/mol. The maximum atomic E-state index is 14.2. The predicted octanol–water partition coefficient (Wildman–Crippen LogP) is 2.47. The molecule has 2 aromatic rings. The van der Waals surface area contributed by atoms with Crippen LogP contribution in [0.25, 0.3) is 0 Å². The Kier molecular flexibility index (Phi) is 5.62. The first-order valence-corrected chi connectivity index (χ1v) is 7.70. The molecule has 112 valence electrons. The highest BCUT2D eigenvalue weighted by atomic mass is 32.1. The first-order chi connectivity index (χ1) is 10.2. The summed E-state index contributed by atoms with van der Waals surface area (Å²) in [5.74, 6) is -0.939. The summed E-state index contributed by atoms with van der Waals surface area (Å²) in [4.78, 5) is 20.0. The van der Waals surface area contributed by atoms with Crippen LogP contribution >= 0.6 is 11.3 Å². The molecule has 0 bridgehead atoms. The third-order valence-electron chi connectivity index (χ3n) is 2.83. The second-order valence-electron chi connectivity index (χ2n) is 4.43. The minimum Gasteiger partial charge on any atom is -0.368 e. The maximum Gasteiger partial charge on any atom is 0.254 e. The fourth-order valence-electron chi connectivity index (χ4n) is 1.75. The van der Waals surface area contributed by atoms with Crippen molar-refractivity contribution in [2.45, 2.75) is 19.8 Å². The standard InChI is InChI=1S/C14H17FN4OS/c1-2-5-16-13-12(15)11(4-7-17-13)14(20)18-6-3-10-8-21-9-19-10/h4,7-9H,2-3,5-6H2,1H3,(H,16,17)(H,18,20). The van der Waals surface area contributed by atoms with Gasteiger partial charge in [-0.3, -0.25) is 4.79 Å². The van der Waals surface area contributed by atoms with E-state index in [-0.39, 0.29) is 11.4 Å². The highest BCUT2D eigenvalue weighted by Gasteiger charge is 2.15. The topological polar surface area (TPSA) is 66.9 Å². The molecule has 0 saturated carbocycles. The Labute approximate surface area is 126 Å². The van der Waals surface area contributed by atoms with Gasteiger partial charge in [0.15, 0.2) is 11.6 Å². The number of halogens is 1. The van der Waals surface area contributed by atoms with Crippen molar-refractivity contribution in [3.63, 3.8) is 0 Å². The Hall–Kier alpha value is -2.02. The molecule has 2 rings (SSSR count). The van der Waals surface area contributed by atoms with E-state index < -0.39 is 11.7 Å². The van der Waals surface area contributed by atoms with E-state index in [4.69, 9.17) is 0 Å². The van der Waals surface area contributed by atoms with Gasteiger partial charge in [0.05, 0.1) is 16.8 Å². The molecule has 21 heavy (non-hydrogen) atoms. The fourth-order valence-corrected chi connectivity index (χ4v) is 2.34. The molecule has 0 unspecified atom stereocenters. The average Bonchev–Trinajstić information content (AvgIpc) is 2.99. The summed E-state index contributed by atoms with van der Waals surface area (Å²) < 4.78 is 14.2. The van der Waals surface area contributed by atoms with Gasteiger partial charge >= 0.3 is 0 Å². The minimum absolute atomic E-state index is 0.00174. The normalized spacial score (nSPS) is 10.4. The number of pyridine rings is 1. The maximum absolute atomic E-state index is 14.2. The number of aromatic nitrogens is 2. The van der Waals surface area contributed by atoms with Gasteiger partial charge in [-0.05, 0) is 12.5 Å². The van der Waals surface area contributed by atoms with Crippen LogP contribution in [-0.2, 0) is 6.42 Å². The van der Waals surface area contributed by atoms with Crippen LogP contribution in [0.15, 0.2) is 23.2 Å².